The van der Waals surface area contributed by atoms with Gasteiger partial charge in [-0.25, -0.2) is 0 Å². The fraction of sp³-hybridized carbons (Fsp3) is 0.542. The molecule has 0 saturated carbocycles. The molecule has 162 valence electrons. The van der Waals surface area contributed by atoms with E-state index in [0.29, 0.717) is 31.6 Å². The number of carbonyl (C=O) groups is 1. The second-order valence-corrected chi connectivity index (χ2v) is 8.34. The zero-order valence-corrected chi connectivity index (χ0v) is 18.1. The summed E-state index contributed by atoms with van der Waals surface area (Å²) in [6, 6.07) is 3.94. The van der Waals surface area contributed by atoms with E-state index in [1.54, 1.807) is 6.92 Å². The summed E-state index contributed by atoms with van der Waals surface area (Å²) in [5, 5.41) is 39.9. The normalized spacial score (nSPS) is 15.6. The van der Waals surface area contributed by atoms with Crippen molar-refractivity contribution in [2.24, 2.45) is 5.92 Å². The Morgan fingerprint density at radius 1 is 1.17 bits per heavy atom. The summed E-state index contributed by atoms with van der Waals surface area (Å²) in [5.41, 5.74) is 0.114. The van der Waals surface area contributed by atoms with Gasteiger partial charge in [-0.2, -0.15) is 0 Å². The van der Waals surface area contributed by atoms with E-state index in [1.165, 1.54) is 12.1 Å². The highest BCUT2D eigenvalue weighted by Crippen LogP contribution is 2.25. The molecule has 0 saturated heterocycles. The molecule has 1 rings (SSSR count). The summed E-state index contributed by atoms with van der Waals surface area (Å²) in [5.74, 6) is -0.0176. The molecule has 1 aromatic carbocycles. The first-order chi connectivity index (χ1) is 13.5. The molecule has 0 aliphatic carbocycles. The van der Waals surface area contributed by atoms with E-state index in [9.17, 15) is 25.2 Å². The highest BCUT2D eigenvalue weighted by Gasteiger charge is 2.28. The van der Waals surface area contributed by atoms with E-state index in [0.717, 1.165) is 18.1 Å². The van der Waals surface area contributed by atoms with Crippen LogP contribution >= 0.6 is 0 Å². The first-order valence-electron chi connectivity index (χ1n) is 10.3. The van der Waals surface area contributed by atoms with E-state index < -0.39 is 11.7 Å². The Bertz CT molecular complexity index is 716. The molecule has 0 aromatic heterocycles. The molecule has 0 spiro atoms. The average molecular weight is 405 g/mol. The minimum absolute atomic E-state index is 0.0832. The predicted octanol–water partition coefficient (Wildman–Crippen LogP) is 4.89. The number of hydrogen-bond acceptors (Lipinski definition) is 5. The molecule has 29 heavy (non-hydrogen) atoms. The summed E-state index contributed by atoms with van der Waals surface area (Å²) in [4.78, 5) is 12.2. The van der Waals surface area contributed by atoms with Gasteiger partial charge in [-0.15, -0.1) is 0 Å². The Kier molecular flexibility index (Phi) is 10.1. The number of carbonyl (C=O) groups excluding carboxylic acids is 1. The van der Waals surface area contributed by atoms with Crippen molar-refractivity contribution in [2.45, 2.75) is 77.9 Å². The maximum atomic E-state index is 12.2. The number of phenols is 2. The number of aromatic hydroxyl groups is 2. The Morgan fingerprint density at radius 2 is 1.86 bits per heavy atom. The minimum Gasteiger partial charge on any atom is -0.508 e. The van der Waals surface area contributed by atoms with Gasteiger partial charge in [-0.1, -0.05) is 37.6 Å². The highest BCUT2D eigenvalue weighted by atomic mass is 16.3. The molecule has 0 unspecified atom stereocenters. The van der Waals surface area contributed by atoms with Crippen molar-refractivity contribution in [2.75, 3.05) is 0 Å². The molecule has 5 nitrogen and oxygen atoms in total. The maximum Gasteiger partial charge on any atom is 0.166 e. The van der Waals surface area contributed by atoms with Crippen LogP contribution in [0.3, 0.4) is 0 Å². The van der Waals surface area contributed by atoms with Gasteiger partial charge in [0.25, 0.3) is 0 Å². The minimum atomic E-state index is -1.13. The lowest BCUT2D eigenvalue weighted by molar-refractivity contribution is -0.0691. The van der Waals surface area contributed by atoms with Crippen LogP contribution in [0.2, 0.25) is 0 Å². The number of ketones is 1. The van der Waals surface area contributed by atoms with E-state index >= 15 is 0 Å². The summed E-state index contributed by atoms with van der Waals surface area (Å²) in [6.07, 6.45) is 8.36. The number of Topliss-reactive ketones (excluding diaryl/α,β-unsaturated/α-hetero) is 1. The van der Waals surface area contributed by atoms with E-state index in [1.807, 2.05) is 19.1 Å². The van der Waals surface area contributed by atoms with E-state index in [-0.39, 0.29) is 29.3 Å². The van der Waals surface area contributed by atoms with Gasteiger partial charge in [0.15, 0.2) is 5.78 Å². The molecule has 0 bridgehead atoms. The number of aliphatic hydroxyl groups is 2. The second kappa shape index (κ2) is 11.8. The van der Waals surface area contributed by atoms with Gasteiger partial charge in [0.2, 0.25) is 0 Å². The third-order valence-corrected chi connectivity index (χ3v) is 5.01. The quantitative estimate of drug-likeness (QED) is 0.294. The fourth-order valence-electron chi connectivity index (χ4n) is 3.03. The van der Waals surface area contributed by atoms with Gasteiger partial charge < -0.3 is 20.4 Å². The Balaban J connectivity index is 2.43. The second-order valence-electron chi connectivity index (χ2n) is 8.34. The van der Waals surface area contributed by atoms with Crippen molar-refractivity contribution in [1.82, 2.24) is 0 Å². The van der Waals surface area contributed by atoms with Gasteiger partial charge in [-0.05, 0) is 64.0 Å². The van der Waals surface area contributed by atoms with Crippen LogP contribution in [0.1, 0.15) is 76.6 Å². The topological polar surface area (TPSA) is 98.0 Å². The third-order valence-electron chi connectivity index (χ3n) is 5.01. The van der Waals surface area contributed by atoms with Gasteiger partial charge in [0, 0.05) is 12.5 Å². The molecule has 0 amide bonds. The van der Waals surface area contributed by atoms with Crippen LogP contribution in [0.5, 0.6) is 11.5 Å². The number of phenolic OH excluding ortho intramolecular Hbond substituents is 2. The van der Waals surface area contributed by atoms with Crippen LogP contribution in [0, 0.1) is 5.92 Å². The zero-order chi connectivity index (χ0) is 22.0. The first kappa shape index (κ1) is 24.9. The van der Waals surface area contributed by atoms with Crippen molar-refractivity contribution < 1.29 is 25.2 Å². The maximum absolute atomic E-state index is 12.2. The molecular formula is C24H36O5. The zero-order valence-electron chi connectivity index (χ0n) is 18.1. The smallest absolute Gasteiger partial charge is 0.166 e. The van der Waals surface area contributed by atoms with E-state index in [2.05, 4.69) is 19.9 Å². The molecule has 0 heterocycles. The molecule has 0 radical (unpaired) electrons. The molecule has 4 N–H and O–H groups in total. The molecular weight excluding hydrogens is 368 g/mol. The largest absolute Gasteiger partial charge is 0.508 e. The van der Waals surface area contributed by atoms with Crippen molar-refractivity contribution in [3.05, 3.63) is 47.6 Å². The van der Waals surface area contributed by atoms with Crippen molar-refractivity contribution in [1.29, 1.82) is 0 Å². The average Bonchev–Trinajstić information content (AvgIpc) is 2.63. The van der Waals surface area contributed by atoms with Crippen LogP contribution in [-0.2, 0) is 0 Å². The Morgan fingerprint density at radius 3 is 2.48 bits per heavy atom. The van der Waals surface area contributed by atoms with Crippen molar-refractivity contribution in [3.63, 3.8) is 0 Å². The molecule has 0 aliphatic heterocycles. The number of aliphatic hydroxyl groups excluding tert-OH is 1. The van der Waals surface area contributed by atoms with Crippen molar-refractivity contribution in [3.8, 4) is 11.5 Å². The van der Waals surface area contributed by atoms with E-state index in [4.69, 9.17) is 0 Å². The molecule has 0 aliphatic rings. The Labute approximate surface area is 174 Å². The van der Waals surface area contributed by atoms with Crippen LogP contribution < -0.4 is 0 Å². The van der Waals surface area contributed by atoms with Gasteiger partial charge in [0.1, 0.15) is 11.5 Å². The summed E-state index contributed by atoms with van der Waals surface area (Å²) in [6.45, 7) is 7.80. The first-order valence-corrected chi connectivity index (χ1v) is 10.3. The van der Waals surface area contributed by atoms with Gasteiger partial charge in [-0.3, -0.25) is 4.79 Å². The molecule has 2 atom stereocenters. The van der Waals surface area contributed by atoms with Gasteiger partial charge in [0.05, 0.1) is 17.3 Å². The van der Waals surface area contributed by atoms with Crippen LogP contribution in [0.4, 0.5) is 0 Å². The van der Waals surface area contributed by atoms with Gasteiger partial charge >= 0.3 is 0 Å². The van der Waals surface area contributed by atoms with Crippen LogP contribution in [0.25, 0.3) is 0 Å². The SMILES string of the molecule is C/C(=C\CCC(=O)c1ccc(O)cc1O)CC[C@H](O)[C@](C)(O)CC/C=C/C(C)C. The summed E-state index contributed by atoms with van der Waals surface area (Å²) < 4.78 is 0. The highest BCUT2D eigenvalue weighted by molar-refractivity contribution is 5.98. The number of rotatable bonds is 12. The predicted molar refractivity (Wildman–Crippen MR) is 116 cm³/mol. The summed E-state index contributed by atoms with van der Waals surface area (Å²) >= 11 is 0. The molecule has 5 heteroatoms. The van der Waals surface area contributed by atoms with Crippen LogP contribution in [0.15, 0.2) is 42.0 Å². The third kappa shape index (κ3) is 9.29. The lowest BCUT2D eigenvalue weighted by Gasteiger charge is -2.29. The molecule has 1 aromatic rings. The lowest BCUT2D eigenvalue weighted by Crippen LogP contribution is -2.39. The van der Waals surface area contributed by atoms with Crippen LogP contribution in [-0.4, -0.2) is 37.9 Å². The fourth-order valence-corrected chi connectivity index (χ4v) is 3.03. The monoisotopic (exact) mass is 404 g/mol. The lowest BCUT2D eigenvalue weighted by atomic mass is 9.89. The van der Waals surface area contributed by atoms with Crippen molar-refractivity contribution >= 4 is 5.78 Å². The number of hydrogen-bond donors (Lipinski definition) is 4. The standard InChI is InChI=1S/C24H36O5/c1-17(2)8-5-6-15-24(4,29)23(28)14-11-18(3)9-7-10-21(26)20-13-12-19(25)16-22(20)27/h5,8-9,12-13,16-17,23,25,27-29H,6-7,10-11,14-15H2,1-4H3/b8-5+,18-9+/t23-,24+/m0/s1. The number of allylic oxidation sites excluding steroid dienone is 4. The molecule has 0 fully saturated rings. The number of benzene rings is 1. The Hall–Kier alpha value is -2.11. The summed E-state index contributed by atoms with van der Waals surface area (Å²) in [7, 11) is 0.